The van der Waals surface area contributed by atoms with Gasteiger partial charge in [0.25, 0.3) is 5.69 Å². The molecule has 2 aromatic carbocycles. The molecule has 0 fully saturated rings. The third kappa shape index (κ3) is 6.29. The van der Waals surface area contributed by atoms with E-state index in [9.17, 15) is 14.5 Å². The highest BCUT2D eigenvalue weighted by molar-refractivity contribution is 14.0. The van der Waals surface area contributed by atoms with Crippen LogP contribution in [-0.2, 0) is 13.1 Å². The van der Waals surface area contributed by atoms with Crippen molar-refractivity contribution in [2.24, 2.45) is 4.99 Å². The highest BCUT2D eigenvalue weighted by Gasteiger charge is 2.12. The van der Waals surface area contributed by atoms with Crippen LogP contribution in [-0.4, -0.2) is 17.4 Å². The second kappa shape index (κ2) is 10.6. The van der Waals surface area contributed by atoms with Gasteiger partial charge in [0, 0.05) is 30.3 Å². The lowest BCUT2D eigenvalue weighted by Gasteiger charge is -2.11. The molecule has 0 atom stereocenters. The Labute approximate surface area is 162 Å². The van der Waals surface area contributed by atoms with E-state index in [-0.39, 0.29) is 48.6 Å². The molecule has 0 unspecified atom stereocenters. The number of benzene rings is 2. The van der Waals surface area contributed by atoms with Gasteiger partial charge in [0.05, 0.1) is 11.5 Å². The molecule has 0 bridgehead atoms. The van der Waals surface area contributed by atoms with Crippen LogP contribution in [0.1, 0.15) is 18.1 Å². The summed E-state index contributed by atoms with van der Waals surface area (Å²) in [5, 5.41) is 17.1. The lowest BCUT2D eigenvalue weighted by Crippen LogP contribution is -2.36. The van der Waals surface area contributed by atoms with E-state index in [0.717, 1.165) is 0 Å². The molecule has 0 aliphatic heterocycles. The fraction of sp³-hybridized carbons (Fsp3) is 0.235. The van der Waals surface area contributed by atoms with Crippen molar-refractivity contribution in [1.82, 2.24) is 10.6 Å². The van der Waals surface area contributed by atoms with E-state index in [1.807, 2.05) is 6.92 Å². The third-order valence-corrected chi connectivity index (χ3v) is 3.34. The zero-order valence-electron chi connectivity index (χ0n) is 13.7. The van der Waals surface area contributed by atoms with Crippen molar-refractivity contribution >= 4 is 35.6 Å². The van der Waals surface area contributed by atoms with Crippen LogP contribution in [0.2, 0.25) is 0 Å². The van der Waals surface area contributed by atoms with E-state index < -0.39 is 4.92 Å². The number of nitro groups is 1. The first-order valence-electron chi connectivity index (χ1n) is 7.59. The molecular weight excluding hydrogens is 438 g/mol. The summed E-state index contributed by atoms with van der Waals surface area (Å²) in [4.78, 5) is 14.9. The molecule has 0 saturated heterocycles. The number of nitrogens with zero attached hydrogens (tertiary/aromatic N) is 2. The monoisotopic (exact) mass is 458 g/mol. The van der Waals surface area contributed by atoms with Crippen molar-refractivity contribution in [3.63, 3.8) is 0 Å². The molecule has 0 spiro atoms. The number of nitro benzene ring substituents is 1. The van der Waals surface area contributed by atoms with Crippen molar-refractivity contribution in [2.45, 2.75) is 20.0 Å². The van der Waals surface area contributed by atoms with Gasteiger partial charge in [-0.1, -0.05) is 36.4 Å². The quantitative estimate of drug-likeness (QED) is 0.228. The molecule has 2 aromatic rings. The Balaban J connectivity index is 0.00000312. The Bertz CT molecular complexity index is 740. The van der Waals surface area contributed by atoms with Gasteiger partial charge in [0.1, 0.15) is 5.82 Å². The molecule has 0 aromatic heterocycles. The number of nitrogens with one attached hydrogen (secondary N) is 2. The average Bonchev–Trinajstić information content (AvgIpc) is 2.58. The van der Waals surface area contributed by atoms with E-state index in [1.165, 1.54) is 12.1 Å². The van der Waals surface area contributed by atoms with Crippen LogP contribution in [0.4, 0.5) is 10.1 Å². The fourth-order valence-electron chi connectivity index (χ4n) is 2.15. The molecule has 0 aliphatic carbocycles. The van der Waals surface area contributed by atoms with Crippen LogP contribution >= 0.6 is 24.0 Å². The predicted octanol–water partition coefficient (Wildman–Crippen LogP) is 3.61. The van der Waals surface area contributed by atoms with Gasteiger partial charge < -0.3 is 10.6 Å². The van der Waals surface area contributed by atoms with Crippen molar-refractivity contribution in [2.75, 3.05) is 6.54 Å². The SMILES string of the molecule is CCNC(=NCc1ccccc1F)NCc1ccccc1[N+](=O)[O-].I. The molecule has 0 amide bonds. The Kier molecular flexibility index (Phi) is 8.82. The van der Waals surface area contributed by atoms with E-state index in [2.05, 4.69) is 15.6 Å². The van der Waals surface area contributed by atoms with Crippen LogP contribution in [0.5, 0.6) is 0 Å². The topological polar surface area (TPSA) is 79.6 Å². The lowest BCUT2D eigenvalue weighted by atomic mass is 10.2. The molecule has 2 N–H and O–H groups in total. The number of rotatable bonds is 6. The Morgan fingerprint density at radius 3 is 2.40 bits per heavy atom. The van der Waals surface area contributed by atoms with E-state index in [4.69, 9.17) is 0 Å². The predicted molar refractivity (Wildman–Crippen MR) is 107 cm³/mol. The molecular formula is C17H20FIN4O2. The molecule has 6 nitrogen and oxygen atoms in total. The maximum Gasteiger partial charge on any atom is 0.274 e. The van der Waals surface area contributed by atoms with Gasteiger partial charge in [-0.05, 0) is 13.0 Å². The molecule has 134 valence electrons. The summed E-state index contributed by atoms with van der Waals surface area (Å²) < 4.78 is 13.6. The highest BCUT2D eigenvalue weighted by Crippen LogP contribution is 2.17. The second-order valence-corrected chi connectivity index (χ2v) is 5.03. The Morgan fingerprint density at radius 1 is 1.12 bits per heavy atom. The largest absolute Gasteiger partial charge is 0.357 e. The van der Waals surface area contributed by atoms with Crippen molar-refractivity contribution < 1.29 is 9.31 Å². The molecule has 8 heteroatoms. The number of para-hydroxylation sites is 1. The first-order chi connectivity index (χ1) is 11.6. The highest BCUT2D eigenvalue weighted by atomic mass is 127. The number of halogens is 2. The fourth-order valence-corrected chi connectivity index (χ4v) is 2.15. The standard InChI is InChI=1S/C17H19FN4O2.HI/c1-2-19-17(20-11-13-7-3-5-9-15(13)18)21-12-14-8-4-6-10-16(14)22(23)24;/h3-10H,2,11-12H2,1H3,(H2,19,20,21);1H. The van der Waals surface area contributed by atoms with Gasteiger partial charge in [0.2, 0.25) is 0 Å². The molecule has 0 saturated carbocycles. The second-order valence-electron chi connectivity index (χ2n) is 5.03. The lowest BCUT2D eigenvalue weighted by molar-refractivity contribution is -0.385. The molecule has 25 heavy (non-hydrogen) atoms. The molecule has 0 heterocycles. The number of hydrogen-bond acceptors (Lipinski definition) is 3. The number of guanidine groups is 1. The molecule has 0 aliphatic rings. The minimum Gasteiger partial charge on any atom is -0.357 e. The summed E-state index contributed by atoms with van der Waals surface area (Å²) in [6.45, 7) is 2.96. The maximum atomic E-state index is 13.6. The first kappa shape index (κ1) is 20.8. The van der Waals surface area contributed by atoms with Gasteiger partial charge >= 0.3 is 0 Å². The Hall–Kier alpha value is -2.23. The number of hydrogen-bond donors (Lipinski definition) is 2. The van der Waals surface area contributed by atoms with Gasteiger partial charge in [-0.15, -0.1) is 24.0 Å². The first-order valence-corrected chi connectivity index (χ1v) is 7.59. The van der Waals surface area contributed by atoms with Gasteiger partial charge in [-0.3, -0.25) is 10.1 Å². The zero-order chi connectivity index (χ0) is 17.4. The van der Waals surface area contributed by atoms with Gasteiger partial charge in [0.15, 0.2) is 5.96 Å². The van der Waals surface area contributed by atoms with Crippen LogP contribution in [0, 0.1) is 15.9 Å². The van der Waals surface area contributed by atoms with Crippen molar-refractivity contribution in [1.29, 1.82) is 0 Å². The van der Waals surface area contributed by atoms with Crippen LogP contribution in [0.25, 0.3) is 0 Å². The van der Waals surface area contributed by atoms with Crippen LogP contribution in [0.15, 0.2) is 53.5 Å². The van der Waals surface area contributed by atoms with Crippen LogP contribution < -0.4 is 10.6 Å². The third-order valence-electron chi connectivity index (χ3n) is 3.34. The summed E-state index contributed by atoms with van der Waals surface area (Å²) in [5.74, 6) is 0.162. The van der Waals surface area contributed by atoms with E-state index in [1.54, 1.807) is 36.4 Å². The zero-order valence-corrected chi connectivity index (χ0v) is 16.1. The van der Waals surface area contributed by atoms with E-state index >= 15 is 0 Å². The summed E-state index contributed by atoms with van der Waals surface area (Å²) >= 11 is 0. The number of aliphatic imine (C=N–C) groups is 1. The summed E-state index contributed by atoms with van der Waals surface area (Å²) in [6.07, 6.45) is 0. The molecule has 0 radical (unpaired) electrons. The van der Waals surface area contributed by atoms with Crippen molar-refractivity contribution in [3.05, 3.63) is 75.6 Å². The van der Waals surface area contributed by atoms with E-state index in [0.29, 0.717) is 23.6 Å². The van der Waals surface area contributed by atoms with Crippen LogP contribution in [0.3, 0.4) is 0 Å². The Morgan fingerprint density at radius 2 is 1.76 bits per heavy atom. The summed E-state index contributed by atoms with van der Waals surface area (Å²) in [7, 11) is 0. The van der Waals surface area contributed by atoms with Gasteiger partial charge in [-0.2, -0.15) is 0 Å². The van der Waals surface area contributed by atoms with Crippen molar-refractivity contribution in [3.8, 4) is 0 Å². The minimum atomic E-state index is -0.416. The summed E-state index contributed by atoms with van der Waals surface area (Å²) in [5.41, 5.74) is 1.09. The normalized spacial score (nSPS) is 10.7. The molecule has 2 rings (SSSR count). The summed E-state index contributed by atoms with van der Waals surface area (Å²) in [6, 6.07) is 12.9. The van der Waals surface area contributed by atoms with Gasteiger partial charge in [-0.25, -0.2) is 9.38 Å². The average molecular weight is 458 g/mol. The smallest absolute Gasteiger partial charge is 0.274 e. The minimum absolute atomic E-state index is 0. The maximum absolute atomic E-state index is 13.6.